The van der Waals surface area contributed by atoms with Crippen molar-refractivity contribution in [3.63, 3.8) is 0 Å². The number of hydrogen-bond donors (Lipinski definition) is 1. The minimum atomic E-state index is -0.560. The normalized spacial score (nSPS) is 10.5. The zero-order chi connectivity index (χ0) is 18.8. The first-order valence-electron chi connectivity index (χ1n) is 8.07. The molecule has 0 radical (unpaired) electrons. The first-order chi connectivity index (χ1) is 12.6. The van der Waals surface area contributed by atoms with Crippen molar-refractivity contribution in [2.45, 2.75) is 6.42 Å². The highest BCUT2D eigenvalue weighted by Gasteiger charge is 2.05. The van der Waals surface area contributed by atoms with Gasteiger partial charge in [-0.05, 0) is 47.9 Å². The van der Waals surface area contributed by atoms with Crippen LogP contribution in [0.15, 0.2) is 59.1 Å². The Bertz CT molecular complexity index is 772. The molecule has 0 bridgehead atoms. The standard InChI is InChI=1S/C20H20BrNO4/c1-25-18-8-5-15(6-9-18)11-12-22-19(23)14-26-20(24)10-7-16-3-2-4-17(21)13-16/h2-10,13H,11-12,14H2,1H3,(H,22,23)/b10-7+. The highest BCUT2D eigenvalue weighted by atomic mass is 79.9. The third kappa shape index (κ3) is 7.11. The van der Waals surface area contributed by atoms with Crippen LogP contribution in [-0.2, 0) is 20.7 Å². The Labute approximate surface area is 161 Å². The van der Waals surface area contributed by atoms with Crippen molar-refractivity contribution in [1.82, 2.24) is 5.32 Å². The van der Waals surface area contributed by atoms with Crippen molar-refractivity contribution >= 4 is 33.9 Å². The summed E-state index contributed by atoms with van der Waals surface area (Å²) in [4.78, 5) is 23.4. The number of halogens is 1. The number of nitrogens with one attached hydrogen (secondary N) is 1. The fourth-order valence-electron chi connectivity index (χ4n) is 2.15. The second kappa shape index (κ2) is 10.4. The molecule has 0 atom stereocenters. The van der Waals surface area contributed by atoms with Gasteiger partial charge in [0.25, 0.3) is 5.91 Å². The van der Waals surface area contributed by atoms with Crippen LogP contribution >= 0.6 is 15.9 Å². The Morgan fingerprint density at radius 3 is 2.62 bits per heavy atom. The maximum atomic E-state index is 11.7. The molecule has 0 heterocycles. The molecule has 136 valence electrons. The number of benzene rings is 2. The predicted octanol–water partition coefficient (Wildman–Crippen LogP) is 3.37. The summed E-state index contributed by atoms with van der Waals surface area (Å²) in [5, 5.41) is 2.72. The van der Waals surface area contributed by atoms with Crippen molar-refractivity contribution in [3.8, 4) is 5.75 Å². The summed E-state index contributed by atoms with van der Waals surface area (Å²) in [5.74, 6) is -0.0985. The van der Waals surface area contributed by atoms with E-state index >= 15 is 0 Å². The van der Waals surface area contributed by atoms with Crippen LogP contribution in [0, 0.1) is 0 Å². The van der Waals surface area contributed by atoms with Crippen LogP contribution in [0.3, 0.4) is 0 Å². The number of methoxy groups -OCH3 is 1. The zero-order valence-electron chi connectivity index (χ0n) is 14.4. The SMILES string of the molecule is COc1ccc(CCNC(=O)COC(=O)/C=C/c2cccc(Br)c2)cc1. The summed E-state index contributed by atoms with van der Waals surface area (Å²) in [6, 6.07) is 15.1. The Morgan fingerprint density at radius 1 is 1.15 bits per heavy atom. The number of amides is 1. The molecule has 2 rings (SSSR count). The molecule has 0 aliphatic rings. The summed E-state index contributed by atoms with van der Waals surface area (Å²) in [5.41, 5.74) is 1.94. The van der Waals surface area contributed by atoms with Crippen LogP contribution in [0.2, 0.25) is 0 Å². The van der Waals surface area contributed by atoms with E-state index in [-0.39, 0.29) is 12.5 Å². The lowest BCUT2D eigenvalue weighted by atomic mass is 10.1. The van der Waals surface area contributed by atoms with E-state index in [0.29, 0.717) is 13.0 Å². The Kier molecular flexibility index (Phi) is 7.89. The summed E-state index contributed by atoms with van der Waals surface area (Å²) >= 11 is 3.36. The molecule has 2 aromatic carbocycles. The third-order valence-electron chi connectivity index (χ3n) is 3.50. The van der Waals surface area contributed by atoms with E-state index in [4.69, 9.17) is 9.47 Å². The topological polar surface area (TPSA) is 64.6 Å². The second-order valence-electron chi connectivity index (χ2n) is 5.44. The second-order valence-corrected chi connectivity index (χ2v) is 6.36. The van der Waals surface area contributed by atoms with Crippen LogP contribution in [0.4, 0.5) is 0 Å². The Hall–Kier alpha value is -2.60. The van der Waals surface area contributed by atoms with E-state index in [1.807, 2.05) is 48.5 Å². The average molecular weight is 418 g/mol. The average Bonchev–Trinajstić information content (AvgIpc) is 2.65. The molecule has 1 N–H and O–H groups in total. The lowest BCUT2D eigenvalue weighted by molar-refractivity contribution is -0.143. The van der Waals surface area contributed by atoms with Gasteiger partial charge in [-0.2, -0.15) is 0 Å². The van der Waals surface area contributed by atoms with E-state index in [2.05, 4.69) is 21.2 Å². The first kappa shape index (κ1) is 19.7. The van der Waals surface area contributed by atoms with E-state index in [9.17, 15) is 9.59 Å². The Balaban J connectivity index is 1.66. The van der Waals surface area contributed by atoms with Gasteiger partial charge in [0.05, 0.1) is 7.11 Å². The lowest BCUT2D eigenvalue weighted by Gasteiger charge is -2.06. The lowest BCUT2D eigenvalue weighted by Crippen LogP contribution is -2.30. The van der Waals surface area contributed by atoms with E-state index < -0.39 is 5.97 Å². The summed E-state index contributed by atoms with van der Waals surface area (Å²) in [6.45, 7) is 0.168. The molecule has 2 aromatic rings. The highest BCUT2D eigenvalue weighted by molar-refractivity contribution is 9.10. The van der Waals surface area contributed by atoms with E-state index in [1.54, 1.807) is 13.2 Å². The molecule has 0 saturated heterocycles. The van der Waals surface area contributed by atoms with E-state index in [0.717, 1.165) is 21.3 Å². The molecule has 0 unspecified atom stereocenters. The van der Waals surface area contributed by atoms with Crippen molar-refractivity contribution in [2.24, 2.45) is 0 Å². The third-order valence-corrected chi connectivity index (χ3v) is 3.99. The van der Waals surface area contributed by atoms with Gasteiger partial charge in [0.15, 0.2) is 6.61 Å². The number of ether oxygens (including phenoxy) is 2. The maximum Gasteiger partial charge on any atom is 0.331 e. The minimum absolute atomic E-state index is 0.301. The molecule has 1 amide bonds. The fraction of sp³-hybridized carbons (Fsp3) is 0.200. The number of rotatable bonds is 8. The van der Waals surface area contributed by atoms with Gasteiger partial charge in [0.2, 0.25) is 0 Å². The monoisotopic (exact) mass is 417 g/mol. The van der Waals surface area contributed by atoms with Crippen LogP contribution in [0.5, 0.6) is 5.75 Å². The van der Waals surface area contributed by atoms with Gasteiger partial charge >= 0.3 is 5.97 Å². The van der Waals surface area contributed by atoms with Crippen molar-refractivity contribution in [1.29, 1.82) is 0 Å². The molecule has 0 spiro atoms. The molecule has 0 aliphatic heterocycles. The molecule has 0 aromatic heterocycles. The van der Waals surface area contributed by atoms with Crippen LogP contribution in [0.25, 0.3) is 6.08 Å². The van der Waals surface area contributed by atoms with Gasteiger partial charge in [0.1, 0.15) is 5.75 Å². The number of hydrogen-bond acceptors (Lipinski definition) is 4. The van der Waals surface area contributed by atoms with E-state index in [1.165, 1.54) is 6.08 Å². The van der Waals surface area contributed by atoms with Crippen LogP contribution in [0.1, 0.15) is 11.1 Å². The predicted molar refractivity (Wildman–Crippen MR) is 104 cm³/mol. The molecule has 26 heavy (non-hydrogen) atoms. The summed E-state index contributed by atoms with van der Waals surface area (Å²) in [6.07, 6.45) is 3.62. The van der Waals surface area contributed by atoms with Gasteiger partial charge in [-0.1, -0.05) is 40.2 Å². The van der Waals surface area contributed by atoms with Crippen molar-refractivity contribution in [2.75, 3.05) is 20.3 Å². The van der Waals surface area contributed by atoms with Gasteiger partial charge in [-0.15, -0.1) is 0 Å². The molecule has 5 nitrogen and oxygen atoms in total. The minimum Gasteiger partial charge on any atom is -0.497 e. The molecule has 0 fully saturated rings. The van der Waals surface area contributed by atoms with Gasteiger partial charge < -0.3 is 14.8 Å². The van der Waals surface area contributed by atoms with Crippen molar-refractivity contribution < 1.29 is 19.1 Å². The molecule has 0 aliphatic carbocycles. The molecular formula is C20H20BrNO4. The quantitative estimate of drug-likeness (QED) is 0.528. The molecule has 6 heteroatoms. The van der Waals surface area contributed by atoms with Crippen LogP contribution in [-0.4, -0.2) is 32.1 Å². The maximum absolute atomic E-state index is 11.7. The zero-order valence-corrected chi connectivity index (χ0v) is 16.0. The smallest absolute Gasteiger partial charge is 0.331 e. The largest absolute Gasteiger partial charge is 0.497 e. The number of carbonyl (C=O) groups is 2. The summed E-state index contributed by atoms with van der Waals surface area (Å²) in [7, 11) is 1.62. The van der Waals surface area contributed by atoms with Gasteiger partial charge in [-0.25, -0.2) is 4.79 Å². The summed E-state index contributed by atoms with van der Waals surface area (Å²) < 4.78 is 10.9. The first-order valence-corrected chi connectivity index (χ1v) is 8.86. The van der Waals surface area contributed by atoms with Gasteiger partial charge in [0, 0.05) is 17.1 Å². The number of esters is 1. The van der Waals surface area contributed by atoms with Crippen LogP contribution < -0.4 is 10.1 Å². The highest BCUT2D eigenvalue weighted by Crippen LogP contribution is 2.13. The number of carbonyl (C=O) groups excluding carboxylic acids is 2. The van der Waals surface area contributed by atoms with Gasteiger partial charge in [-0.3, -0.25) is 4.79 Å². The molecular weight excluding hydrogens is 398 g/mol. The van der Waals surface area contributed by atoms with Crippen molar-refractivity contribution in [3.05, 3.63) is 70.2 Å². The fourth-order valence-corrected chi connectivity index (χ4v) is 2.57. The Morgan fingerprint density at radius 2 is 1.92 bits per heavy atom. The molecule has 0 saturated carbocycles.